The molecular weight excluding hydrogens is 346 g/mol. The van der Waals surface area contributed by atoms with Crippen LogP contribution in [-0.4, -0.2) is 16.7 Å². The molecule has 7 nitrogen and oxygen atoms in total. The first-order chi connectivity index (χ1) is 13.1. The Morgan fingerprint density at radius 1 is 0.778 bits per heavy atom. The fraction of sp³-hybridized carbons (Fsp3) is 0. The van der Waals surface area contributed by atoms with Crippen LogP contribution in [0.4, 0.5) is 11.4 Å². The molecule has 0 saturated heterocycles. The number of benzene rings is 3. The van der Waals surface area contributed by atoms with Crippen LogP contribution in [0.15, 0.2) is 84.9 Å². The van der Waals surface area contributed by atoms with Crippen molar-refractivity contribution in [1.29, 1.82) is 0 Å². The molecule has 0 heterocycles. The van der Waals surface area contributed by atoms with Gasteiger partial charge in [0.05, 0.1) is 10.6 Å². The maximum Gasteiger partial charge on any atom is 0.277 e. The number of rotatable bonds is 4. The summed E-state index contributed by atoms with van der Waals surface area (Å²) < 4.78 is 0. The SMILES string of the molecule is O=C(NN(C(=O)c1ccc([N+](=O)[O-])cc1)c1ccccc1)c1ccccc1. The number of nitro groups is 1. The smallest absolute Gasteiger partial charge is 0.267 e. The van der Waals surface area contributed by atoms with Crippen molar-refractivity contribution in [3.63, 3.8) is 0 Å². The monoisotopic (exact) mass is 361 g/mol. The Labute approximate surface area is 155 Å². The van der Waals surface area contributed by atoms with E-state index in [2.05, 4.69) is 5.43 Å². The molecule has 0 aliphatic heterocycles. The summed E-state index contributed by atoms with van der Waals surface area (Å²) in [7, 11) is 0. The number of hydrogen-bond donors (Lipinski definition) is 1. The van der Waals surface area contributed by atoms with E-state index in [-0.39, 0.29) is 11.3 Å². The number of carbonyl (C=O) groups is 2. The van der Waals surface area contributed by atoms with Gasteiger partial charge in [-0.1, -0.05) is 36.4 Å². The van der Waals surface area contributed by atoms with Gasteiger partial charge in [-0.25, -0.2) is 5.01 Å². The highest BCUT2D eigenvalue weighted by molar-refractivity contribution is 6.09. The first-order valence-electron chi connectivity index (χ1n) is 8.06. The third-order valence-electron chi connectivity index (χ3n) is 3.79. The first-order valence-corrected chi connectivity index (χ1v) is 8.06. The fourth-order valence-corrected chi connectivity index (χ4v) is 2.42. The lowest BCUT2D eigenvalue weighted by Gasteiger charge is -2.23. The normalized spacial score (nSPS) is 10.1. The van der Waals surface area contributed by atoms with Crippen molar-refractivity contribution in [2.24, 2.45) is 0 Å². The van der Waals surface area contributed by atoms with Crippen LogP contribution in [0.5, 0.6) is 0 Å². The number of nitrogens with one attached hydrogen (secondary N) is 1. The van der Waals surface area contributed by atoms with Gasteiger partial charge in [0.25, 0.3) is 17.5 Å². The maximum atomic E-state index is 12.9. The van der Waals surface area contributed by atoms with Crippen LogP contribution in [0, 0.1) is 10.1 Å². The Balaban J connectivity index is 1.91. The molecule has 1 N–H and O–H groups in total. The molecule has 7 heteroatoms. The minimum atomic E-state index is -0.541. The second-order valence-electron chi connectivity index (χ2n) is 5.59. The van der Waals surface area contributed by atoms with Crippen LogP contribution in [-0.2, 0) is 0 Å². The summed E-state index contributed by atoms with van der Waals surface area (Å²) >= 11 is 0. The van der Waals surface area contributed by atoms with Crippen LogP contribution in [0.3, 0.4) is 0 Å². The quantitative estimate of drug-likeness (QED) is 0.568. The zero-order valence-electron chi connectivity index (χ0n) is 14.1. The van der Waals surface area contributed by atoms with E-state index in [0.29, 0.717) is 11.3 Å². The summed E-state index contributed by atoms with van der Waals surface area (Å²) in [6, 6.07) is 22.3. The molecule has 0 spiro atoms. The van der Waals surface area contributed by atoms with Gasteiger partial charge in [-0.05, 0) is 36.4 Å². The number of nitrogens with zero attached hydrogens (tertiary/aromatic N) is 2. The Bertz CT molecular complexity index is 958. The molecule has 3 aromatic carbocycles. The minimum Gasteiger partial charge on any atom is -0.267 e. The second kappa shape index (κ2) is 7.92. The van der Waals surface area contributed by atoms with Crippen LogP contribution < -0.4 is 10.4 Å². The number of para-hydroxylation sites is 1. The van der Waals surface area contributed by atoms with E-state index >= 15 is 0 Å². The average Bonchev–Trinajstić information content (AvgIpc) is 2.72. The molecule has 0 aliphatic rings. The summed E-state index contributed by atoms with van der Waals surface area (Å²) in [4.78, 5) is 35.7. The highest BCUT2D eigenvalue weighted by Gasteiger charge is 2.21. The molecule has 134 valence electrons. The van der Waals surface area contributed by atoms with E-state index in [1.165, 1.54) is 24.3 Å². The molecule has 3 rings (SSSR count). The number of nitro benzene ring substituents is 1. The molecule has 27 heavy (non-hydrogen) atoms. The van der Waals surface area contributed by atoms with Gasteiger partial charge in [0.2, 0.25) is 0 Å². The number of carbonyl (C=O) groups excluding carboxylic acids is 2. The molecule has 0 radical (unpaired) electrons. The van der Waals surface area contributed by atoms with Crippen molar-refractivity contribution in [3.05, 3.63) is 106 Å². The lowest BCUT2D eigenvalue weighted by molar-refractivity contribution is -0.384. The van der Waals surface area contributed by atoms with Gasteiger partial charge in [0, 0.05) is 23.3 Å². The van der Waals surface area contributed by atoms with Crippen molar-refractivity contribution in [2.45, 2.75) is 0 Å². The minimum absolute atomic E-state index is 0.119. The van der Waals surface area contributed by atoms with Gasteiger partial charge in [0.1, 0.15) is 0 Å². The number of non-ortho nitro benzene ring substituents is 1. The van der Waals surface area contributed by atoms with E-state index in [4.69, 9.17) is 0 Å². The number of anilines is 1. The van der Waals surface area contributed by atoms with Crippen molar-refractivity contribution in [1.82, 2.24) is 5.43 Å². The van der Waals surface area contributed by atoms with Gasteiger partial charge < -0.3 is 0 Å². The molecule has 0 aliphatic carbocycles. The van der Waals surface area contributed by atoms with Crippen molar-refractivity contribution >= 4 is 23.2 Å². The van der Waals surface area contributed by atoms with E-state index in [0.717, 1.165) is 5.01 Å². The molecule has 0 saturated carbocycles. The summed E-state index contributed by atoms with van der Waals surface area (Å²) in [5.74, 6) is -0.963. The van der Waals surface area contributed by atoms with Crippen LogP contribution in [0.1, 0.15) is 20.7 Å². The predicted molar refractivity (Wildman–Crippen MR) is 100 cm³/mol. The lowest BCUT2D eigenvalue weighted by atomic mass is 10.1. The number of amides is 2. The number of hydrazine groups is 1. The third-order valence-corrected chi connectivity index (χ3v) is 3.79. The lowest BCUT2D eigenvalue weighted by Crippen LogP contribution is -2.46. The van der Waals surface area contributed by atoms with Gasteiger partial charge in [-0.3, -0.25) is 25.1 Å². The third kappa shape index (κ3) is 4.16. The molecule has 0 unspecified atom stereocenters. The van der Waals surface area contributed by atoms with Crippen molar-refractivity contribution in [2.75, 3.05) is 5.01 Å². The molecule has 0 atom stereocenters. The molecule has 0 aromatic heterocycles. The number of hydrogen-bond acceptors (Lipinski definition) is 4. The zero-order chi connectivity index (χ0) is 19.2. The summed E-state index contributed by atoms with van der Waals surface area (Å²) in [6.07, 6.45) is 0. The van der Waals surface area contributed by atoms with Gasteiger partial charge in [-0.2, -0.15) is 0 Å². The fourth-order valence-electron chi connectivity index (χ4n) is 2.42. The Kier molecular flexibility index (Phi) is 5.22. The van der Waals surface area contributed by atoms with Crippen LogP contribution in [0.2, 0.25) is 0 Å². The first kappa shape index (κ1) is 17.8. The predicted octanol–water partition coefficient (Wildman–Crippen LogP) is 3.59. The largest absolute Gasteiger partial charge is 0.277 e. The highest BCUT2D eigenvalue weighted by atomic mass is 16.6. The zero-order valence-corrected chi connectivity index (χ0v) is 14.1. The second-order valence-corrected chi connectivity index (χ2v) is 5.59. The summed E-state index contributed by atoms with van der Waals surface area (Å²) in [5.41, 5.74) is 3.54. The van der Waals surface area contributed by atoms with Crippen LogP contribution >= 0.6 is 0 Å². The van der Waals surface area contributed by atoms with Crippen molar-refractivity contribution < 1.29 is 14.5 Å². The molecular formula is C20H15N3O4. The molecule has 0 fully saturated rings. The Morgan fingerprint density at radius 2 is 1.33 bits per heavy atom. The van der Waals surface area contributed by atoms with Gasteiger partial charge in [0.15, 0.2) is 0 Å². The standard InChI is InChI=1S/C20H15N3O4/c24-19(15-7-3-1-4-8-15)21-22(17-9-5-2-6-10-17)20(25)16-11-13-18(14-12-16)23(26)27/h1-14H,(H,21,24). The summed E-state index contributed by atoms with van der Waals surface area (Å²) in [5, 5.41) is 11.9. The van der Waals surface area contributed by atoms with E-state index in [1.807, 2.05) is 0 Å². The Hall–Kier alpha value is -4.00. The summed E-state index contributed by atoms with van der Waals surface area (Å²) in [6.45, 7) is 0. The van der Waals surface area contributed by atoms with Crippen LogP contribution in [0.25, 0.3) is 0 Å². The van der Waals surface area contributed by atoms with Gasteiger partial charge in [-0.15, -0.1) is 0 Å². The molecule has 3 aromatic rings. The maximum absolute atomic E-state index is 12.9. The molecule has 0 bridgehead atoms. The van der Waals surface area contributed by atoms with E-state index in [1.54, 1.807) is 60.7 Å². The Morgan fingerprint density at radius 3 is 1.89 bits per heavy atom. The molecule has 2 amide bonds. The topological polar surface area (TPSA) is 92.6 Å². The van der Waals surface area contributed by atoms with E-state index < -0.39 is 16.7 Å². The average molecular weight is 361 g/mol. The van der Waals surface area contributed by atoms with E-state index in [9.17, 15) is 19.7 Å². The van der Waals surface area contributed by atoms with Crippen molar-refractivity contribution in [3.8, 4) is 0 Å². The van der Waals surface area contributed by atoms with Gasteiger partial charge >= 0.3 is 0 Å². The highest BCUT2D eigenvalue weighted by Crippen LogP contribution is 2.18.